The summed E-state index contributed by atoms with van der Waals surface area (Å²) in [4.78, 5) is 13.7. The summed E-state index contributed by atoms with van der Waals surface area (Å²) < 4.78 is 22.3. The Kier molecular flexibility index (Phi) is 5.16. The van der Waals surface area contributed by atoms with E-state index in [1.807, 2.05) is 0 Å². The van der Waals surface area contributed by atoms with Gasteiger partial charge in [0.1, 0.15) is 0 Å². The maximum atomic E-state index is 12.0. The summed E-state index contributed by atoms with van der Waals surface area (Å²) in [5, 5.41) is 5.06. The second-order valence-corrected chi connectivity index (χ2v) is 9.10. The van der Waals surface area contributed by atoms with Crippen molar-refractivity contribution in [2.24, 2.45) is 11.1 Å². The van der Waals surface area contributed by atoms with Crippen molar-refractivity contribution in [1.82, 2.24) is 4.90 Å². The molecule has 1 saturated heterocycles. The molecule has 5 nitrogen and oxygen atoms in total. The number of benzene rings is 1. The zero-order valence-electron chi connectivity index (χ0n) is 14.1. The molecule has 1 unspecified atom stereocenters. The lowest BCUT2D eigenvalue weighted by Gasteiger charge is -2.20. The third-order valence-electron chi connectivity index (χ3n) is 4.25. The van der Waals surface area contributed by atoms with Crippen LogP contribution in [0.25, 0.3) is 0 Å². The van der Waals surface area contributed by atoms with E-state index in [0.29, 0.717) is 13.1 Å². The van der Waals surface area contributed by atoms with Gasteiger partial charge in [-0.05, 0) is 23.0 Å². The summed E-state index contributed by atoms with van der Waals surface area (Å²) in [5.41, 5.74) is 2.59. The normalized spacial score (nSPS) is 19.4. The zero-order chi connectivity index (χ0) is 17.3. The van der Waals surface area contributed by atoms with Gasteiger partial charge in [-0.1, -0.05) is 45.0 Å². The van der Waals surface area contributed by atoms with Crippen LogP contribution in [-0.2, 0) is 26.7 Å². The van der Waals surface area contributed by atoms with Gasteiger partial charge < -0.3 is 4.90 Å². The molecule has 6 heteroatoms. The van der Waals surface area contributed by atoms with E-state index in [-0.39, 0.29) is 29.4 Å². The topological polar surface area (TPSA) is 80.5 Å². The number of primary sulfonamides is 1. The van der Waals surface area contributed by atoms with Crippen LogP contribution in [0.5, 0.6) is 0 Å². The monoisotopic (exact) mass is 338 g/mol. The highest BCUT2D eigenvalue weighted by Crippen LogP contribution is 2.23. The summed E-state index contributed by atoms with van der Waals surface area (Å²) in [6.07, 6.45) is 1.05. The molecule has 0 aliphatic carbocycles. The number of carbonyl (C=O) groups is 1. The molecule has 0 spiro atoms. The van der Waals surface area contributed by atoms with Crippen molar-refractivity contribution >= 4 is 15.9 Å². The smallest absolute Gasteiger partial charge is 0.222 e. The molecule has 0 saturated carbocycles. The molecule has 1 heterocycles. The molecule has 1 amide bonds. The van der Waals surface area contributed by atoms with Gasteiger partial charge in [-0.2, -0.15) is 0 Å². The third kappa shape index (κ3) is 5.32. The predicted molar refractivity (Wildman–Crippen MR) is 91.5 cm³/mol. The predicted octanol–water partition coefficient (Wildman–Crippen LogP) is 1.66. The fraction of sp³-hybridized carbons (Fsp3) is 0.588. The Morgan fingerprint density at radius 1 is 1.22 bits per heavy atom. The van der Waals surface area contributed by atoms with Crippen LogP contribution in [0.2, 0.25) is 0 Å². The Balaban J connectivity index is 1.90. The van der Waals surface area contributed by atoms with Crippen LogP contribution in [0.15, 0.2) is 24.3 Å². The standard InChI is InChI=1S/C17H26N2O3S/c1-17(2,3)15-6-4-13(5-7-15)8-9-19-11-14(10-16(19)20)12-23(18,21)22/h4-7,14H,8-12H2,1-3H3,(H2,18,21,22). The molecule has 0 radical (unpaired) electrons. The zero-order valence-corrected chi connectivity index (χ0v) is 14.9. The maximum absolute atomic E-state index is 12.0. The quantitative estimate of drug-likeness (QED) is 0.886. The molecule has 1 aliphatic heterocycles. The molecule has 1 atom stereocenters. The highest BCUT2D eigenvalue weighted by Gasteiger charge is 2.31. The lowest BCUT2D eigenvalue weighted by Crippen LogP contribution is -2.29. The number of sulfonamides is 1. The minimum Gasteiger partial charge on any atom is -0.342 e. The molecule has 2 N–H and O–H groups in total. The average molecular weight is 338 g/mol. The second-order valence-electron chi connectivity index (χ2n) is 7.44. The largest absolute Gasteiger partial charge is 0.342 e. The van der Waals surface area contributed by atoms with E-state index in [1.54, 1.807) is 4.90 Å². The Labute approximate surface area is 138 Å². The van der Waals surface area contributed by atoms with Crippen LogP contribution in [0, 0.1) is 5.92 Å². The van der Waals surface area contributed by atoms with Crippen LogP contribution >= 0.6 is 0 Å². The molecular formula is C17H26N2O3S. The van der Waals surface area contributed by atoms with Crippen molar-refractivity contribution in [3.8, 4) is 0 Å². The number of hydrogen-bond acceptors (Lipinski definition) is 3. The van der Waals surface area contributed by atoms with E-state index in [0.717, 1.165) is 6.42 Å². The fourth-order valence-corrected chi connectivity index (χ4v) is 3.83. The van der Waals surface area contributed by atoms with Crippen molar-refractivity contribution in [1.29, 1.82) is 0 Å². The first-order valence-corrected chi connectivity index (χ1v) is 9.64. The SMILES string of the molecule is CC(C)(C)c1ccc(CCN2CC(CS(N)(=O)=O)CC2=O)cc1. The highest BCUT2D eigenvalue weighted by molar-refractivity contribution is 7.89. The van der Waals surface area contributed by atoms with Gasteiger partial charge in [-0.25, -0.2) is 13.6 Å². The van der Waals surface area contributed by atoms with Crippen LogP contribution in [0.1, 0.15) is 38.3 Å². The summed E-state index contributed by atoms with van der Waals surface area (Å²) in [5.74, 6) is -0.277. The summed E-state index contributed by atoms with van der Waals surface area (Å²) >= 11 is 0. The molecule has 0 bridgehead atoms. The average Bonchev–Trinajstić information content (AvgIpc) is 2.73. The van der Waals surface area contributed by atoms with Gasteiger partial charge in [0.15, 0.2) is 0 Å². The molecule has 1 aliphatic rings. The van der Waals surface area contributed by atoms with E-state index < -0.39 is 10.0 Å². The Bertz CT molecular complexity index is 660. The number of hydrogen-bond donors (Lipinski definition) is 1. The lowest BCUT2D eigenvalue weighted by molar-refractivity contribution is -0.127. The van der Waals surface area contributed by atoms with Crippen molar-refractivity contribution in [3.63, 3.8) is 0 Å². The van der Waals surface area contributed by atoms with Crippen molar-refractivity contribution < 1.29 is 13.2 Å². The summed E-state index contributed by atoms with van der Waals surface area (Å²) in [6, 6.07) is 8.46. The minimum atomic E-state index is -3.52. The first-order chi connectivity index (χ1) is 10.5. The second kappa shape index (κ2) is 6.61. The van der Waals surface area contributed by atoms with Gasteiger partial charge >= 0.3 is 0 Å². The van der Waals surface area contributed by atoms with Crippen LogP contribution < -0.4 is 5.14 Å². The summed E-state index contributed by atoms with van der Waals surface area (Å²) in [7, 11) is -3.52. The van der Waals surface area contributed by atoms with Gasteiger partial charge in [0.25, 0.3) is 0 Å². The number of nitrogens with zero attached hydrogens (tertiary/aromatic N) is 1. The number of nitrogens with two attached hydrogens (primary N) is 1. The maximum Gasteiger partial charge on any atom is 0.222 e. The van der Waals surface area contributed by atoms with Crippen LogP contribution in [0.4, 0.5) is 0 Å². The van der Waals surface area contributed by atoms with Crippen molar-refractivity contribution in [3.05, 3.63) is 35.4 Å². The van der Waals surface area contributed by atoms with Crippen LogP contribution in [0.3, 0.4) is 0 Å². The molecule has 23 heavy (non-hydrogen) atoms. The number of rotatable bonds is 5. The van der Waals surface area contributed by atoms with E-state index in [4.69, 9.17) is 5.14 Å². The van der Waals surface area contributed by atoms with Gasteiger partial charge in [0.05, 0.1) is 5.75 Å². The van der Waals surface area contributed by atoms with E-state index >= 15 is 0 Å². The lowest BCUT2D eigenvalue weighted by atomic mass is 9.86. The fourth-order valence-electron chi connectivity index (χ4n) is 2.95. The van der Waals surface area contributed by atoms with E-state index in [9.17, 15) is 13.2 Å². The van der Waals surface area contributed by atoms with Gasteiger partial charge in [-0.15, -0.1) is 0 Å². The van der Waals surface area contributed by atoms with Crippen LogP contribution in [-0.4, -0.2) is 38.1 Å². The molecule has 1 fully saturated rings. The molecule has 1 aromatic carbocycles. The third-order valence-corrected chi connectivity index (χ3v) is 5.19. The van der Waals surface area contributed by atoms with E-state index in [1.165, 1.54) is 11.1 Å². The number of carbonyl (C=O) groups excluding carboxylic acids is 1. The molecule has 128 valence electrons. The van der Waals surface area contributed by atoms with Crippen molar-refractivity contribution in [2.75, 3.05) is 18.8 Å². The first kappa shape index (κ1) is 17.9. The number of likely N-dealkylation sites (tertiary alicyclic amines) is 1. The molecule has 1 aromatic rings. The van der Waals surface area contributed by atoms with Gasteiger partial charge in [0, 0.05) is 25.4 Å². The number of amides is 1. The Hall–Kier alpha value is -1.40. The molecular weight excluding hydrogens is 312 g/mol. The highest BCUT2D eigenvalue weighted by atomic mass is 32.2. The Morgan fingerprint density at radius 2 is 1.83 bits per heavy atom. The van der Waals surface area contributed by atoms with Gasteiger partial charge in [0.2, 0.25) is 15.9 Å². The molecule has 0 aromatic heterocycles. The van der Waals surface area contributed by atoms with E-state index in [2.05, 4.69) is 45.0 Å². The first-order valence-electron chi connectivity index (χ1n) is 7.92. The van der Waals surface area contributed by atoms with Crippen molar-refractivity contribution in [2.45, 2.75) is 39.0 Å². The van der Waals surface area contributed by atoms with Gasteiger partial charge in [-0.3, -0.25) is 4.79 Å². The summed E-state index contributed by atoms with van der Waals surface area (Å²) in [6.45, 7) is 7.63. The minimum absolute atomic E-state index is 0.0185. The Morgan fingerprint density at radius 3 is 2.35 bits per heavy atom. The molecule has 2 rings (SSSR count).